The maximum absolute atomic E-state index is 13.2. The van der Waals surface area contributed by atoms with Gasteiger partial charge in [-0.05, 0) is 37.8 Å². The lowest BCUT2D eigenvalue weighted by atomic mass is 9.96. The van der Waals surface area contributed by atoms with Gasteiger partial charge in [0, 0.05) is 23.7 Å². The standard InChI is InChI=1S/C18H22N4O3/c1-24-16-7-12(8-17(11-16)25-2)18(23)21-13-3-4-14(21)10-15(9-13)22-19-5-6-20-22/h5-8,11,13-15H,3-4,9-10H2,1-2H3. The predicted molar refractivity (Wildman–Crippen MR) is 90.8 cm³/mol. The molecule has 4 rings (SSSR count). The second-order valence-electron chi connectivity index (χ2n) is 6.67. The number of ether oxygens (including phenoxy) is 2. The van der Waals surface area contributed by atoms with E-state index >= 15 is 0 Å². The van der Waals surface area contributed by atoms with E-state index in [4.69, 9.17) is 9.47 Å². The van der Waals surface area contributed by atoms with Crippen molar-refractivity contribution in [3.05, 3.63) is 36.2 Å². The Bertz CT molecular complexity index is 725. The Hall–Kier alpha value is -2.57. The molecule has 2 aromatic rings. The van der Waals surface area contributed by atoms with Gasteiger partial charge < -0.3 is 14.4 Å². The fraction of sp³-hybridized carbons (Fsp3) is 0.500. The van der Waals surface area contributed by atoms with Crippen LogP contribution in [0.15, 0.2) is 30.6 Å². The quantitative estimate of drug-likeness (QED) is 0.853. The third kappa shape index (κ3) is 2.83. The summed E-state index contributed by atoms with van der Waals surface area (Å²) in [5.74, 6) is 1.31. The molecule has 1 aromatic carbocycles. The van der Waals surface area contributed by atoms with Crippen LogP contribution in [-0.2, 0) is 0 Å². The van der Waals surface area contributed by atoms with Crippen molar-refractivity contribution >= 4 is 5.91 Å². The van der Waals surface area contributed by atoms with E-state index in [2.05, 4.69) is 10.2 Å². The van der Waals surface area contributed by atoms with E-state index in [0.29, 0.717) is 17.1 Å². The normalized spacial score (nSPS) is 25.0. The molecule has 132 valence electrons. The first-order valence-electron chi connectivity index (χ1n) is 8.61. The largest absolute Gasteiger partial charge is 0.497 e. The zero-order valence-electron chi connectivity index (χ0n) is 14.5. The molecule has 0 spiro atoms. The molecule has 0 N–H and O–H groups in total. The van der Waals surface area contributed by atoms with Gasteiger partial charge in [-0.2, -0.15) is 15.0 Å². The van der Waals surface area contributed by atoms with E-state index in [-0.39, 0.29) is 24.0 Å². The van der Waals surface area contributed by atoms with E-state index in [9.17, 15) is 4.79 Å². The van der Waals surface area contributed by atoms with Crippen LogP contribution < -0.4 is 9.47 Å². The van der Waals surface area contributed by atoms with Gasteiger partial charge in [-0.15, -0.1) is 0 Å². The monoisotopic (exact) mass is 342 g/mol. The fourth-order valence-electron chi connectivity index (χ4n) is 4.16. The molecule has 25 heavy (non-hydrogen) atoms. The predicted octanol–water partition coefficient (Wildman–Crippen LogP) is 2.30. The van der Waals surface area contributed by atoms with E-state index in [0.717, 1.165) is 25.7 Å². The summed E-state index contributed by atoms with van der Waals surface area (Å²) in [7, 11) is 3.19. The number of hydrogen-bond acceptors (Lipinski definition) is 5. The zero-order chi connectivity index (χ0) is 17.4. The van der Waals surface area contributed by atoms with Crippen LogP contribution in [0.5, 0.6) is 11.5 Å². The average molecular weight is 342 g/mol. The summed E-state index contributed by atoms with van der Waals surface area (Å²) < 4.78 is 10.6. The number of carbonyl (C=O) groups is 1. The summed E-state index contributed by atoms with van der Waals surface area (Å²) in [6.45, 7) is 0. The molecule has 7 heteroatoms. The lowest BCUT2D eigenvalue weighted by Crippen LogP contribution is -2.47. The van der Waals surface area contributed by atoms with Gasteiger partial charge in [-0.1, -0.05) is 0 Å². The molecule has 2 saturated heterocycles. The lowest BCUT2D eigenvalue weighted by molar-refractivity contribution is 0.0511. The summed E-state index contributed by atoms with van der Waals surface area (Å²) >= 11 is 0. The fourth-order valence-corrected chi connectivity index (χ4v) is 4.16. The van der Waals surface area contributed by atoms with Crippen molar-refractivity contribution in [1.82, 2.24) is 19.9 Å². The molecule has 2 aliphatic heterocycles. The first-order chi connectivity index (χ1) is 12.2. The van der Waals surface area contributed by atoms with Crippen LogP contribution in [0.1, 0.15) is 42.1 Å². The number of rotatable bonds is 4. The van der Waals surface area contributed by atoms with Crippen molar-refractivity contribution < 1.29 is 14.3 Å². The Kier molecular flexibility index (Phi) is 4.07. The molecule has 3 heterocycles. The average Bonchev–Trinajstić information content (AvgIpc) is 3.27. The van der Waals surface area contributed by atoms with Crippen LogP contribution in [0.25, 0.3) is 0 Å². The number of methoxy groups -OCH3 is 2. The number of nitrogens with zero attached hydrogens (tertiary/aromatic N) is 4. The molecule has 2 aliphatic rings. The van der Waals surface area contributed by atoms with Crippen molar-refractivity contribution in [3.63, 3.8) is 0 Å². The van der Waals surface area contributed by atoms with Crippen LogP contribution >= 0.6 is 0 Å². The first kappa shape index (κ1) is 15.9. The Morgan fingerprint density at radius 1 is 0.960 bits per heavy atom. The maximum Gasteiger partial charge on any atom is 0.254 e. The molecule has 0 radical (unpaired) electrons. The molecule has 1 aromatic heterocycles. The highest BCUT2D eigenvalue weighted by Gasteiger charge is 2.44. The number of carbonyl (C=O) groups excluding carboxylic acids is 1. The van der Waals surface area contributed by atoms with Crippen LogP contribution in [0, 0.1) is 0 Å². The number of hydrogen-bond donors (Lipinski definition) is 0. The number of amides is 1. The Labute approximate surface area is 146 Å². The highest BCUT2D eigenvalue weighted by atomic mass is 16.5. The highest BCUT2D eigenvalue weighted by Crippen LogP contribution is 2.41. The minimum absolute atomic E-state index is 0.0524. The number of aromatic nitrogens is 3. The molecular weight excluding hydrogens is 320 g/mol. The van der Waals surface area contributed by atoms with Crippen LogP contribution in [0.2, 0.25) is 0 Å². The molecule has 0 saturated carbocycles. The summed E-state index contributed by atoms with van der Waals surface area (Å²) in [5, 5.41) is 8.56. The van der Waals surface area contributed by atoms with Gasteiger partial charge in [0.2, 0.25) is 0 Å². The van der Waals surface area contributed by atoms with E-state index in [1.165, 1.54) is 0 Å². The Morgan fingerprint density at radius 2 is 1.52 bits per heavy atom. The number of benzene rings is 1. The van der Waals surface area contributed by atoms with Crippen molar-refractivity contribution in [2.24, 2.45) is 0 Å². The third-order valence-corrected chi connectivity index (χ3v) is 5.30. The van der Waals surface area contributed by atoms with Gasteiger partial charge in [-0.3, -0.25) is 4.79 Å². The molecular formula is C18H22N4O3. The SMILES string of the molecule is COc1cc(OC)cc(C(=O)N2C3CCC2CC(n2nccn2)C3)c1. The van der Waals surface area contributed by atoms with Gasteiger partial charge in [0.1, 0.15) is 11.5 Å². The summed E-state index contributed by atoms with van der Waals surface area (Å²) in [4.78, 5) is 17.0. The van der Waals surface area contributed by atoms with Gasteiger partial charge in [0.05, 0.1) is 32.7 Å². The minimum Gasteiger partial charge on any atom is -0.497 e. The second kappa shape index (κ2) is 6.38. The molecule has 2 atom stereocenters. The first-order valence-corrected chi connectivity index (χ1v) is 8.61. The lowest BCUT2D eigenvalue weighted by Gasteiger charge is -2.38. The van der Waals surface area contributed by atoms with Crippen molar-refractivity contribution in [1.29, 1.82) is 0 Å². The number of piperidine rings is 1. The number of fused-ring (bicyclic) bond motifs is 2. The van der Waals surface area contributed by atoms with Crippen LogP contribution in [0.3, 0.4) is 0 Å². The summed E-state index contributed by atoms with van der Waals surface area (Å²) in [6, 6.07) is 6.09. The third-order valence-electron chi connectivity index (χ3n) is 5.30. The summed E-state index contributed by atoms with van der Waals surface area (Å²) in [6.07, 6.45) is 7.30. The van der Waals surface area contributed by atoms with Crippen LogP contribution in [0.4, 0.5) is 0 Å². The van der Waals surface area contributed by atoms with Gasteiger partial charge >= 0.3 is 0 Å². The van der Waals surface area contributed by atoms with Crippen LogP contribution in [-0.4, -0.2) is 52.1 Å². The smallest absolute Gasteiger partial charge is 0.254 e. The van der Waals surface area contributed by atoms with Gasteiger partial charge in [0.15, 0.2) is 0 Å². The van der Waals surface area contributed by atoms with Crippen molar-refractivity contribution in [3.8, 4) is 11.5 Å². The van der Waals surface area contributed by atoms with E-state index < -0.39 is 0 Å². The molecule has 2 unspecified atom stereocenters. The topological polar surface area (TPSA) is 69.5 Å². The Balaban J connectivity index is 1.58. The zero-order valence-corrected chi connectivity index (χ0v) is 14.5. The summed E-state index contributed by atoms with van der Waals surface area (Å²) in [5.41, 5.74) is 0.615. The Morgan fingerprint density at radius 3 is 2.04 bits per heavy atom. The maximum atomic E-state index is 13.2. The molecule has 1 amide bonds. The van der Waals surface area contributed by atoms with Gasteiger partial charge in [0.25, 0.3) is 5.91 Å². The van der Waals surface area contributed by atoms with Gasteiger partial charge in [-0.25, -0.2) is 0 Å². The van der Waals surface area contributed by atoms with E-state index in [1.54, 1.807) is 49.6 Å². The molecule has 7 nitrogen and oxygen atoms in total. The second-order valence-corrected chi connectivity index (χ2v) is 6.67. The molecule has 2 fully saturated rings. The molecule has 0 aliphatic carbocycles. The minimum atomic E-state index is 0.0524. The molecule has 2 bridgehead atoms. The van der Waals surface area contributed by atoms with E-state index in [1.807, 2.05) is 4.90 Å². The highest BCUT2D eigenvalue weighted by molar-refractivity contribution is 5.95. The van der Waals surface area contributed by atoms with Crippen molar-refractivity contribution in [2.45, 2.75) is 43.8 Å². The van der Waals surface area contributed by atoms with Crippen molar-refractivity contribution in [2.75, 3.05) is 14.2 Å².